The fourth-order valence-corrected chi connectivity index (χ4v) is 0.796. The van der Waals surface area contributed by atoms with E-state index in [1.165, 1.54) is 0 Å². The smallest absolute Gasteiger partial charge is 0.0505 e. The van der Waals surface area contributed by atoms with Gasteiger partial charge in [-0.3, -0.25) is 0 Å². The SMILES string of the molecule is C=C=Cn1cccc1C=C. The molecule has 0 radical (unpaired) electrons. The lowest BCUT2D eigenvalue weighted by molar-refractivity contribution is 1.15. The molecule has 0 spiro atoms. The summed E-state index contributed by atoms with van der Waals surface area (Å²) in [6.45, 7) is 7.13. The van der Waals surface area contributed by atoms with Gasteiger partial charge in [-0.1, -0.05) is 13.2 Å². The van der Waals surface area contributed by atoms with Gasteiger partial charge in [-0.2, -0.15) is 0 Å². The van der Waals surface area contributed by atoms with Crippen LogP contribution in [0.2, 0.25) is 0 Å². The molecule has 10 heavy (non-hydrogen) atoms. The molecule has 1 heteroatoms. The molecule has 0 aliphatic heterocycles. The summed E-state index contributed by atoms with van der Waals surface area (Å²) in [5, 5.41) is 0. The van der Waals surface area contributed by atoms with Gasteiger partial charge in [0.1, 0.15) is 0 Å². The van der Waals surface area contributed by atoms with Crippen molar-refractivity contribution in [2.75, 3.05) is 0 Å². The molecule has 0 aliphatic carbocycles. The van der Waals surface area contributed by atoms with Gasteiger partial charge in [0.05, 0.1) is 6.20 Å². The second-order valence-corrected chi connectivity index (χ2v) is 1.88. The lowest BCUT2D eigenvalue weighted by atomic mass is 10.4. The fraction of sp³-hybridized carbons (Fsp3) is 0. The first kappa shape index (κ1) is 6.66. The van der Waals surface area contributed by atoms with Gasteiger partial charge in [0, 0.05) is 11.9 Å². The van der Waals surface area contributed by atoms with Crippen LogP contribution < -0.4 is 0 Å². The minimum absolute atomic E-state index is 1.05. The molecule has 0 atom stereocenters. The van der Waals surface area contributed by atoms with Crippen LogP contribution in [0, 0.1) is 0 Å². The molecule has 1 rings (SSSR count). The van der Waals surface area contributed by atoms with Crippen LogP contribution in [0.15, 0.2) is 37.2 Å². The van der Waals surface area contributed by atoms with Crippen molar-refractivity contribution in [1.82, 2.24) is 4.57 Å². The van der Waals surface area contributed by atoms with E-state index in [4.69, 9.17) is 0 Å². The number of rotatable bonds is 2. The zero-order valence-electron chi connectivity index (χ0n) is 5.75. The van der Waals surface area contributed by atoms with Crippen molar-refractivity contribution >= 4 is 12.3 Å². The lowest BCUT2D eigenvalue weighted by Crippen LogP contribution is -1.83. The van der Waals surface area contributed by atoms with E-state index in [1.54, 1.807) is 12.3 Å². The quantitative estimate of drug-likeness (QED) is 0.543. The Labute approximate surface area is 60.6 Å². The van der Waals surface area contributed by atoms with Crippen molar-refractivity contribution in [2.45, 2.75) is 0 Å². The van der Waals surface area contributed by atoms with Gasteiger partial charge in [0.25, 0.3) is 0 Å². The summed E-state index contributed by atoms with van der Waals surface area (Å²) < 4.78 is 1.90. The molecule has 0 fully saturated rings. The molecule has 0 saturated carbocycles. The van der Waals surface area contributed by atoms with Crippen molar-refractivity contribution in [1.29, 1.82) is 0 Å². The minimum Gasteiger partial charge on any atom is -0.317 e. The molecular formula is C9H9N. The van der Waals surface area contributed by atoms with Gasteiger partial charge in [-0.15, -0.1) is 5.73 Å². The number of nitrogens with zero attached hydrogens (tertiary/aromatic N) is 1. The zero-order valence-corrected chi connectivity index (χ0v) is 5.75. The van der Waals surface area contributed by atoms with Crippen molar-refractivity contribution < 1.29 is 0 Å². The standard InChI is InChI=1S/C9H9N/c1-3-7-10-8-5-6-9(10)4-2/h4-8H,1-2H2. The molecule has 0 aromatic carbocycles. The Bertz CT molecular complexity index is 275. The molecule has 0 unspecified atom stereocenters. The van der Waals surface area contributed by atoms with E-state index in [1.807, 2.05) is 22.9 Å². The monoisotopic (exact) mass is 131 g/mol. The predicted molar refractivity (Wildman–Crippen MR) is 44.4 cm³/mol. The first-order valence-corrected chi connectivity index (χ1v) is 3.03. The maximum atomic E-state index is 3.66. The van der Waals surface area contributed by atoms with Gasteiger partial charge < -0.3 is 4.57 Å². The first-order chi connectivity index (χ1) is 4.88. The lowest BCUT2D eigenvalue weighted by Gasteiger charge is -1.93. The molecule has 50 valence electrons. The highest BCUT2D eigenvalue weighted by molar-refractivity contribution is 5.47. The van der Waals surface area contributed by atoms with Gasteiger partial charge in [0.2, 0.25) is 0 Å². The molecule has 1 nitrogen and oxygen atoms in total. The molecular weight excluding hydrogens is 122 g/mol. The largest absolute Gasteiger partial charge is 0.317 e. The molecule has 0 N–H and O–H groups in total. The van der Waals surface area contributed by atoms with Crippen molar-refractivity contribution in [3.05, 3.63) is 42.9 Å². The van der Waals surface area contributed by atoms with Gasteiger partial charge in [-0.25, -0.2) is 0 Å². The molecule has 1 aromatic rings. The Morgan fingerprint density at radius 2 is 2.40 bits per heavy atom. The second kappa shape index (κ2) is 2.90. The van der Waals surface area contributed by atoms with E-state index in [9.17, 15) is 0 Å². The van der Waals surface area contributed by atoms with Crippen LogP contribution in [0.5, 0.6) is 0 Å². The third-order valence-electron chi connectivity index (χ3n) is 1.25. The van der Waals surface area contributed by atoms with Crippen LogP contribution in [0.3, 0.4) is 0 Å². The molecule has 0 amide bonds. The summed E-state index contributed by atoms with van der Waals surface area (Å²) in [6.07, 6.45) is 5.47. The van der Waals surface area contributed by atoms with Crippen molar-refractivity contribution in [3.63, 3.8) is 0 Å². The zero-order chi connectivity index (χ0) is 7.40. The Kier molecular flexibility index (Phi) is 1.93. The maximum Gasteiger partial charge on any atom is 0.0505 e. The minimum atomic E-state index is 1.05. The van der Waals surface area contributed by atoms with E-state index in [0.29, 0.717) is 0 Å². The predicted octanol–water partition coefficient (Wildman–Crippen LogP) is 2.39. The van der Waals surface area contributed by atoms with Crippen molar-refractivity contribution in [3.8, 4) is 0 Å². The van der Waals surface area contributed by atoms with E-state index in [0.717, 1.165) is 5.69 Å². The van der Waals surface area contributed by atoms with E-state index in [2.05, 4.69) is 18.9 Å². The Hall–Kier alpha value is -1.46. The van der Waals surface area contributed by atoms with Crippen molar-refractivity contribution in [2.24, 2.45) is 0 Å². The molecule has 0 aliphatic rings. The highest BCUT2D eigenvalue weighted by atomic mass is 14.9. The maximum absolute atomic E-state index is 3.66. The molecule has 1 heterocycles. The summed E-state index contributed by atoms with van der Waals surface area (Å²) in [5.74, 6) is 0. The molecule has 0 saturated heterocycles. The van der Waals surface area contributed by atoms with Crippen LogP contribution >= 0.6 is 0 Å². The number of aromatic nitrogens is 1. The normalized spacial score (nSPS) is 8.40. The summed E-state index contributed by atoms with van der Waals surface area (Å²) in [4.78, 5) is 0. The summed E-state index contributed by atoms with van der Waals surface area (Å²) in [7, 11) is 0. The highest BCUT2D eigenvalue weighted by Crippen LogP contribution is 2.02. The number of hydrogen-bond acceptors (Lipinski definition) is 0. The van der Waals surface area contributed by atoms with Gasteiger partial charge in [-0.05, 0) is 18.2 Å². The Morgan fingerprint density at radius 1 is 1.60 bits per heavy atom. The topological polar surface area (TPSA) is 4.93 Å². The molecule has 0 bridgehead atoms. The highest BCUT2D eigenvalue weighted by Gasteiger charge is 1.88. The van der Waals surface area contributed by atoms with E-state index >= 15 is 0 Å². The Morgan fingerprint density at radius 3 is 3.00 bits per heavy atom. The van der Waals surface area contributed by atoms with Crippen LogP contribution in [-0.2, 0) is 0 Å². The average Bonchev–Trinajstić information content (AvgIpc) is 2.36. The van der Waals surface area contributed by atoms with E-state index < -0.39 is 0 Å². The average molecular weight is 131 g/mol. The van der Waals surface area contributed by atoms with Crippen LogP contribution in [0.1, 0.15) is 5.69 Å². The van der Waals surface area contributed by atoms with Crippen LogP contribution in [-0.4, -0.2) is 4.57 Å². The number of hydrogen-bond donors (Lipinski definition) is 0. The third kappa shape index (κ3) is 1.09. The van der Waals surface area contributed by atoms with Crippen LogP contribution in [0.25, 0.3) is 12.3 Å². The first-order valence-electron chi connectivity index (χ1n) is 3.03. The van der Waals surface area contributed by atoms with Crippen LogP contribution in [0.4, 0.5) is 0 Å². The van der Waals surface area contributed by atoms with Gasteiger partial charge in [0.15, 0.2) is 0 Å². The summed E-state index contributed by atoms with van der Waals surface area (Å²) >= 11 is 0. The van der Waals surface area contributed by atoms with E-state index in [-0.39, 0.29) is 0 Å². The third-order valence-corrected chi connectivity index (χ3v) is 1.25. The van der Waals surface area contributed by atoms with Gasteiger partial charge >= 0.3 is 0 Å². The summed E-state index contributed by atoms with van der Waals surface area (Å²) in [6, 6.07) is 3.92. The summed E-state index contributed by atoms with van der Waals surface area (Å²) in [5.41, 5.74) is 3.74. The fourth-order valence-electron chi connectivity index (χ4n) is 0.796. The second-order valence-electron chi connectivity index (χ2n) is 1.88. The molecule has 1 aromatic heterocycles. The Balaban J connectivity index is 3.12.